The predicted molar refractivity (Wildman–Crippen MR) is 119 cm³/mol. The molecule has 3 N–H and O–H groups in total. The third-order valence-corrected chi connectivity index (χ3v) is 9.22. The van der Waals surface area contributed by atoms with Gasteiger partial charge in [0.05, 0.1) is 9.84 Å². The Morgan fingerprint density at radius 2 is 1.24 bits per heavy atom. The molecule has 168 valence electrons. The molecule has 0 aliphatic rings. The summed E-state index contributed by atoms with van der Waals surface area (Å²) in [6.07, 6.45) is 8.35. The maximum atomic E-state index is 12.2. The molecule has 0 aliphatic heterocycles. The molecule has 10 heteroatoms. The van der Waals surface area contributed by atoms with E-state index in [9.17, 15) is 32.8 Å². The van der Waals surface area contributed by atoms with Crippen molar-refractivity contribution in [1.82, 2.24) is 0 Å². The molecule has 29 heavy (non-hydrogen) atoms. The van der Waals surface area contributed by atoms with Gasteiger partial charge in [0, 0.05) is 0 Å². The van der Waals surface area contributed by atoms with Crippen LogP contribution in [-0.4, -0.2) is 43.3 Å². The summed E-state index contributed by atoms with van der Waals surface area (Å²) in [5.41, 5.74) is 0. The molecule has 0 spiro atoms. The minimum absolute atomic E-state index is 0. The molecule has 0 aliphatic carbocycles. The number of carboxylic acid groups (broad SMARTS) is 2. The molecule has 0 rings (SSSR count). The zero-order chi connectivity index (χ0) is 21.8. The summed E-state index contributed by atoms with van der Waals surface area (Å²) < 4.78 is 30.1. The number of carbonyl (C=O) groups is 2. The van der Waals surface area contributed by atoms with E-state index in [4.69, 9.17) is 0 Å². The average molecular weight is 558 g/mol. The zero-order valence-corrected chi connectivity index (χ0v) is 22.9. The zero-order valence-electron chi connectivity index (χ0n) is 19.0. The van der Waals surface area contributed by atoms with Gasteiger partial charge in [-0.1, -0.05) is 101 Å². The number of carboxylic acids is 2. The molecule has 0 aromatic rings. The Morgan fingerprint density at radius 1 is 0.862 bits per heavy atom. The molecular weight excluding hydrogens is 522 g/mol. The molecule has 2 unspecified atom stereocenters. The van der Waals surface area contributed by atoms with E-state index >= 15 is 0 Å². The van der Waals surface area contributed by atoms with Crippen molar-refractivity contribution in [3.05, 3.63) is 0 Å². The van der Waals surface area contributed by atoms with Crippen LogP contribution in [0.4, 0.5) is 0 Å². The number of halogens is 1. The van der Waals surface area contributed by atoms with Gasteiger partial charge in [0.1, 0.15) is 0 Å². The predicted octanol–water partition coefficient (Wildman–Crippen LogP) is 2.18. The molecule has 0 saturated carbocycles. The maximum Gasteiger partial charge on any atom is 1.00 e. The van der Waals surface area contributed by atoms with Crippen molar-refractivity contribution in [2.24, 2.45) is 0 Å². The summed E-state index contributed by atoms with van der Waals surface area (Å²) in [6, 6.07) is 0. The van der Waals surface area contributed by atoms with Crippen molar-refractivity contribution < 1.29 is 63.8 Å². The smallest absolute Gasteiger partial charge is 1.00 e. The van der Waals surface area contributed by atoms with Gasteiger partial charge in [-0.25, -0.2) is 0 Å². The standard InChI is InChI=1S/C19H35IO7S.Na.H/c1-3-5-7-8-9-10-12-14-18(20,13-11-6-4-2)19(17(23)24,15-16(21)22)28(25,26)27;;/h3-15H2,1-2H3,(H,21,22)(H,23,24)(H,25,26,27);;/q;+1;-1. The van der Waals surface area contributed by atoms with Crippen LogP contribution < -0.4 is 29.6 Å². The van der Waals surface area contributed by atoms with Gasteiger partial charge in [-0.05, 0) is 12.8 Å². The van der Waals surface area contributed by atoms with E-state index in [1.165, 1.54) is 0 Å². The fourth-order valence-corrected chi connectivity index (χ4v) is 6.83. The molecule has 0 aromatic heterocycles. The summed E-state index contributed by atoms with van der Waals surface area (Å²) in [4.78, 5) is 23.5. The number of alkyl halides is 1. The summed E-state index contributed by atoms with van der Waals surface area (Å²) in [6.45, 7) is 4.10. The Kier molecular flexibility index (Phi) is 16.9. The first-order valence-electron chi connectivity index (χ1n) is 10.1. The van der Waals surface area contributed by atoms with E-state index in [2.05, 4.69) is 6.92 Å². The SMILES string of the molecule is CCCCCCCCCC(I)(CCCCC)C(CC(=O)O)(C(=O)O)S(=O)(=O)O.[H-].[Na+]. The maximum absolute atomic E-state index is 12.2. The van der Waals surface area contributed by atoms with Crippen molar-refractivity contribution in [2.75, 3.05) is 0 Å². The van der Waals surface area contributed by atoms with E-state index in [0.717, 1.165) is 51.4 Å². The van der Waals surface area contributed by atoms with E-state index in [-0.39, 0.29) is 43.8 Å². The number of aliphatic carboxylic acids is 2. The largest absolute Gasteiger partial charge is 1.00 e. The Labute approximate surface area is 212 Å². The Hall–Kier alpha value is 0.580. The van der Waals surface area contributed by atoms with Crippen molar-refractivity contribution in [1.29, 1.82) is 0 Å². The molecule has 7 nitrogen and oxygen atoms in total. The van der Waals surface area contributed by atoms with Crippen molar-refractivity contribution in [3.63, 3.8) is 0 Å². The quantitative estimate of drug-likeness (QED) is 0.0821. The molecular formula is C19H36INaO7S. The second-order valence-electron chi connectivity index (χ2n) is 7.47. The number of hydrogen-bond donors (Lipinski definition) is 3. The fraction of sp³-hybridized carbons (Fsp3) is 0.895. The third kappa shape index (κ3) is 9.72. The molecule has 0 fully saturated rings. The van der Waals surface area contributed by atoms with Gasteiger partial charge in [0.25, 0.3) is 10.1 Å². The van der Waals surface area contributed by atoms with Crippen LogP contribution in [-0.2, 0) is 19.7 Å². The summed E-state index contributed by atoms with van der Waals surface area (Å²) in [5.74, 6) is -3.36. The van der Waals surface area contributed by atoms with Crippen LogP contribution >= 0.6 is 22.6 Å². The third-order valence-electron chi connectivity index (χ3n) is 5.26. The fourth-order valence-electron chi connectivity index (χ4n) is 3.62. The Balaban J connectivity index is -0.00000364. The second kappa shape index (κ2) is 15.4. The van der Waals surface area contributed by atoms with Crippen LogP contribution in [0, 0.1) is 0 Å². The van der Waals surface area contributed by atoms with Crippen LogP contribution in [0.5, 0.6) is 0 Å². The van der Waals surface area contributed by atoms with E-state index in [1.807, 2.05) is 6.92 Å². The van der Waals surface area contributed by atoms with Gasteiger partial charge in [-0.2, -0.15) is 8.42 Å². The molecule has 2 atom stereocenters. The molecule has 0 radical (unpaired) electrons. The van der Waals surface area contributed by atoms with Crippen LogP contribution in [0.15, 0.2) is 0 Å². The monoisotopic (exact) mass is 558 g/mol. The normalized spacial score (nSPS) is 15.7. The van der Waals surface area contributed by atoms with Crippen LogP contribution in [0.1, 0.15) is 98.7 Å². The molecule has 0 heterocycles. The van der Waals surface area contributed by atoms with E-state index < -0.39 is 36.6 Å². The van der Waals surface area contributed by atoms with Crippen molar-refractivity contribution >= 4 is 44.6 Å². The number of hydrogen-bond acceptors (Lipinski definition) is 4. The van der Waals surface area contributed by atoms with Crippen molar-refractivity contribution in [3.8, 4) is 0 Å². The van der Waals surface area contributed by atoms with E-state index in [0.29, 0.717) is 12.8 Å². The van der Waals surface area contributed by atoms with Crippen LogP contribution in [0.25, 0.3) is 0 Å². The van der Waals surface area contributed by atoms with E-state index in [1.54, 1.807) is 22.6 Å². The molecule has 0 saturated heterocycles. The van der Waals surface area contributed by atoms with Gasteiger partial charge < -0.3 is 11.6 Å². The van der Waals surface area contributed by atoms with Gasteiger partial charge in [-0.15, -0.1) is 0 Å². The Morgan fingerprint density at radius 3 is 1.62 bits per heavy atom. The van der Waals surface area contributed by atoms with Crippen LogP contribution in [0.3, 0.4) is 0 Å². The first-order chi connectivity index (χ1) is 13.0. The Bertz CT molecular complexity index is 606. The van der Waals surface area contributed by atoms with Gasteiger partial charge in [-0.3, -0.25) is 14.1 Å². The average Bonchev–Trinajstić information content (AvgIpc) is 2.57. The summed E-state index contributed by atoms with van der Waals surface area (Å²) in [7, 11) is -5.16. The summed E-state index contributed by atoms with van der Waals surface area (Å²) >= 11 is 1.79. The van der Waals surface area contributed by atoms with Gasteiger partial charge in [0.15, 0.2) is 0 Å². The molecule has 0 amide bonds. The minimum Gasteiger partial charge on any atom is -1.00 e. The number of unbranched alkanes of at least 4 members (excludes halogenated alkanes) is 8. The van der Waals surface area contributed by atoms with Crippen molar-refractivity contribution in [2.45, 2.75) is 105 Å². The summed E-state index contributed by atoms with van der Waals surface area (Å²) in [5, 5.41) is 19.0. The molecule has 0 aromatic carbocycles. The first-order valence-corrected chi connectivity index (χ1v) is 12.6. The molecule has 0 bridgehead atoms. The second-order valence-corrected chi connectivity index (χ2v) is 11.2. The van der Waals surface area contributed by atoms with Gasteiger partial charge in [0.2, 0.25) is 4.75 Å². The first kappa shape index (κ1) is 31.8. The van der Waals surface area contributed by atoms with Crippen LogP contribution in [0.2, 0.25) is 0 Å². The topological polar surface area (TPSA) is 129 Å². The van der Waals surface area contributed by atoms with Gasteiger partial charge >= 0.3 is 41.5 Å². The minimum atomic E-state index is -5.16. The number of rotatable bonds is 17.